The van der Waals surface area contributed by atoms with E-state index in [-0.39, 0.29) is 17.1 Å². The monoisotopic (exact) mass is 542 g/mol. The molecule has 12 heteroatoms. The third-order valence-corrected chi connectivity index (χ3v) is 5.27. The van der Waals surface area contributed by atoms with Crippen molar-refractivity contribution >= 4 is 56.6 Å². The Kier molecular flexibility index (Phi) is 7.57. The van der Waals surface area contributed by atoms with Crippen molar-refractivity contribution in [3.63, 3.8) is 0 Å². The number of hydrogen-bond acceptors (Lipinski definition) is 7. The molecule has 0 aliphatic carbocycles. The fraction of sp³-hybridized carbons (Fsp3) is 0. The normalized spacial score (nSPS) is 10.8. The predicted molar refractivity (Wildman–Crippen MR) is 128 cm³/mol. The lowest BCUT2D eigenvalue weighted by Crippen LogP contribution is -2.13. The van der Waals surface area contributed by atoms with Crippen LogP contribution in [0.4, 0.5) is 17.1 Å². The first-order valence-corrected chi connectivity index (χ1v) is 10.4. The van der Waals surface area contributed by atoms with Crippen LogP contribution in [0.1, 0.15) is 5.56 Å². The Labute approximate surface area is 205 Å². The van der Waals surface area contributed by atoms with E-state index < -0.39 is 27.1 Å². The second kappa shape index (κ2) is 10.6. The third kappa shape index (κ3) is 5.74. The van der Waals surface area contributed by atoms with Gasteiger partial charge in [0, 0.05) is 6.07 Å². The Morgan fingerprint density at radius 2 is 1.76 bits per heavy atom. The van der Waals surface area contributed by atoms with Crippen LogP contribution in [-0.4, -0.2) is 15.8 Å². The first kappa shape index (κ1) is 24.4. The second-order valence-electron chi connectivity index (χ2n) is 6.56. The van der Waals surface area contributed by atoms with E-state index in [1.54, 1.807) is 24.3 Å². The molecular weight excluding hydrogens is 532 g/mol. The highest BCUT2D eigenvalue weighted by molar-refractivity contribution is 9.10. The molecule has 0 radical (unpaired) electrons. The second-order valence-corrected chi connectivity index (χ2v) is 7.82. The molecule has 170 valence electrons. The minimum atomic E-state index is -0.788. The van der Waals surface area contributed by atoms with Crippen LogP contribution in [0.5, 0.6) is 11.5 Å². The fourth-order valence-electron chi connectivity index (χ4n) is 2.72. The quantitative estimate of drug-likeness (QED) is 0.160. The molecule has 0 saturated heterocycles. The third-order valence-electron chi connectivity index (χ3n) is 4.32. The van der Waals surface area contributed by atoms with E-state index in [0.717, 1.165) is 18.2 Å². The molecule has 3 aromatic rings. The number of amides is 1. The Bertz CT molecular complexity index is 1390. The number of anilines is 1. The lowest BCUT2D eigenvalue weighted by Gasteiger charge is -2.09. The summed E-state index contributed by atoms with van der Waals surface area (Å²) in [5.74, 6) is -0.682. The number of nitro groups is 2. The largest absolute Gasteiger partial charge is 0.449 e. The van der Waals surface area contributed by atoms with Gasteiger partial charge in [0.15, 0.2) is 0 Å². The van der Waals surface area contributed by atoms with E-state index in [9.17, 15) is 30.3 Å². The molecule has 0 aromatic heterocycles. The molecule has 3 aromatic carbocycles. The van der Waals surface area contributed by atoms with Crippen LogP contribution in [0.2, 0.25) is 5.02 Å². The standard InChI is InChI=1S/C22H12BrClN4O6/c23-16-10-13(9-14(12-25)22(29)26-18-4-2-1-3-17(18)24)5-7-20(16)34-21-8-6-15(27(30)31)11-19(21)28(32)33/h1-11H,(H,26,29)/b14-9+. The maximum absolute atomic E-state index is 12.5. The average molecular weight is 544 g/mol. The number of nitro benzene ring substituents is 2. The number of benzene rings is 3. The molecule has 0 fully saturated rings. The van der Waals surface area contributed by atoms with Crippen molar-refractivity contribution in [3.8, 4) is 17.6 Å². The summed E-state index contributed by atoms with van der Waals surface area (Å²) in [5.41, 5.74) is -0.398. The smallest absolute Gasteiger partial charge is 0.318 e. The zero-order valence-electron chi connectivity index (χ0n) is 16.9. The van der Waals surface area contributed by atoms with Gasteiger partial charge in [-0.2, -0.15) is 5.26 Å². The van der Waals surface area contributed by atoms with Crippen LogP contribution in [0, 0.1) is 31.6 Å². The van der Waals surface area contributed by atoms with Gasteiger partial charge in [0.05, 0.1) is 31.1 Å². The number of carbonyl (C=O) groups is 1. The van der Waals surface area contributed by atoms with Crippen molar-refractivity contribution in [2.45, 2.75) is 0 Å². The number of ether oxygens (including phenoxy) is 1. The average Bonchev–Trinajstić information content (AvgIpc) is 2.80. The molecule has 10 nitrogen and oxygen atoms in total. The van der Waals surface area contributed by atoms with Gasteiger partial charge in [0.2, 0.25) is 5.75 Å². The Morgan fingerprint density at radius 1 is 1.06 bits per heavy atom. The summed E-state index contributed by atoms with van der Waals surface area (Å²) in [6.07, 6.45) is 1.34. The highest BCUT2D eigenvalue weighted by Gasteiger charge is 2.22. The lowest BCUT2D eigenvalue weighted by atomic mass is 10.1. The maximum Gasteiger partial charge on any atom is 0.318 e. The minimum Gasteiger partial charge on any atom is -0.449 e. The Morgan fingerprint density at radius 3 is 2.38 bits per heavy atom. The van der Waals surface area contributed by atoms with E-state index >= 15 is 0 Å². The molecule has 0 aliphatic rings. The van der Waals surface area contributed by atoms with Crippen molar-refractivity contribution in [1.29, 1.82) is 5.26 Å². The molecule has 0 saturated carbocycles. The molecule has 0 bridgehead atoms. The van der Waals surface area contributed by atoms with E-state index in [1.165, 1.54) is 24.3 Å². The molecule has 1 N–H and O–H groups in total. The van der Waals surface area contributed by atoms with Crippen LogP contribution < -0.4 is 10.1 Å². The number of para-hydroxylation sites is 1. The summed E-state index contributed by atoms with van der Waals surface area (Å²) in [4.78, 5) is 33.1. The molecule has 0 spiro atoms. The van der Waals surface area contributed by atoms with Gasteiger partial charge in [-0.05, 0) is 57.9 Å². The van der Waals surface area contributed by atoms with Gasteiger partial charge in [-0.1, -0.05) is 29.8 Å². The van der Waals surface area contributed by atoms with Crippen LogP contribution in [0.25, 0.3) is 6.08 Å². The van der Waals surface area contributed by atoms with E-state index in [0.29, 0.717) is 20.7 Å². The van der Waals surface area contributed by atoms with Gasteiger partial charge in [0.25, 0.3) is 11.6 Å². The number of nitrogens with zero attached hydrogens (tertiary/aromatic N) is 3. The fourth-order valence-corrected chi connectivity index (χ4v) is 3.38. The SMILES string of the molecule is N#C/C(=C\c1ccc(Oc2ccc([N+](=O)[O-])cc2[N+](=O)[O-])c(Br)c1)C(=O)Nc1ccccc1Cl. The van der Waals surface area contributed by atoms with Gasteiger partial charge in [0.1, 0.15) is 17.4 Å². The molecule has 1 amide bonds. The topological polar surface area (TPSA) is 148 Å². The lowest BCUT2D eigenvalue weighted by molar-refractivity contribution is -0.394. The number of non-ortho nitro benzene ring substituents is 1. The minimum absolute atomic E-state index is 0.174. The van der Waals surface area contributed by atoms with Crippen molar-refractivity contribution < 1.29 is 19.4 Å². The van der Waals surface area contributed by atoms with Gasteiger partial charge in [-0.15, -0.1) is 0 Å². The summed E-state index contributed by atoms with van der Waals surface area (Å²) in [5, 5.41) is 34.5. The number of halogens is 2. The molecule has 34 heavy (non-hydrogen) atoms. The Balaban J connectivity index is 1.85. The molecule has 0 atom stereocenters. The van der Waals surface area contributed by atoms with E-state index in [2.05, 4.69) is 21.2 Å². The van der Waals surface area contributed by atoms with Crippen LogP contribution in [0.3, 0.4) is 0 Å². The van der Waals surface area contributed by atoms with Crippen LogP contribution >= 0.6 is 27.5 Å². The number of carbonyl (C=O) groups excluding carboxylic acids is 1. The highest BCUT2D eigenvalue weighted by atomic mass is 79.9. The summed E-state index contributed by atoms with van der Waals surface area (Å²) in [6.45, 7) is 0. The molecular formula is C22H12BrClN4O6. The van der Waals surface area contributed by atoms with Crippen molar-refractivity contribution in [1.82, 2.24) is 0 Å². The number of nitrogens with one attached hydrogen (secondary N) is 1. The maximum atomic E-state index is 12.5. The highest BCUT2D eigenvalue weighted by Crippen LogP contribution is 2.37. The molecule has 0 aliphatic heterocycles. The number of hydrogen-bond donors (Lipinski definition) is 1. The zero-order valence-corrected chi connectivity index (χ0v) is 19.2. The van der Waals surface area contributed by atoms with Crippen LogP contribution in [-0.2, 0) is 4.79 Å². The van der Waals surface area contributed by atoms with E-state index in [1.807, 2.05) is 6.07 Å². The summed E-state index contributed by atoms with van der Waals surface area (Å²) in [7, 11) is 0. The van der Waals surface area contributed by atoms with Crippen molar-refractivity contribution in [2.75, 3.05) is 5.32 Å². The number of nitriles is 1. The zero-order chi connectivity index (χ0) is 24.8. The van der Waals surface area contributed by atoms with Gasteiger partial charge >= 0.3 is 5.69 Å². The Hall–Kier alpha value is -4.27. The predicted octanol–water partition coefficient (Wildman–Crippen LogP) is 6.26. The van der Waals surface area contributed by atoms with Gasteiger partial charge in [-0.25, -0.2) is 0 Å². The first-order valence-electron chi connectivity index (χ1n) is 9.27. The summed E-state index contributed by atoms with van der Waals surface area (Å²) in [6, 6.07) is 15.9. The molecule has 3 rings (SSSR count). The van der Waals surface area contributed by atoms with Crippen molar-refractivity contribution in [3.05, 3.63) is 102 Å². The van der Waals surface area contributed by atoms with Crippen molar-refractivity contribution in [2.24, 2.45) is 0 Å². The number of rotatable bonds is 7. The molecule has 0 heterocycles. The summed E-state index contributed by atoms with van der Waals surface area (Å²) < 4.78 is 5.93. The van der Waals surface area contributed by atoms with Gasteiger partial charge < -0.3 is 10.1 Å². The first-order chi connectivity index (χ1) is 16.2. The molecule has 0 unspecified atom stereocenters. The van der Waals surface area contributed by atoms with Crippen LogP contribution in [0.15, 0.2) is 70.7 Å². The van der Waals surface area contributed by atoms with Gasteiger partial charge in [-0.3, -0.25) is 25.0 Å². The summed E-state index contributed by atoms with van der Waals surface area (Å²) >= 11 is 9.31. The van der Waals surface area contributed by atoms with E-state index in [4.69, 9.17) is 16.3 Å².